The fourth-order valence-electron chi connectivity index (χ4n) is 2.51. The molecular formula is C15H22N6OS. The number of hydrogen-bond donors (Lipinski definition) is 3. The van der Waals surface area contributed by atoms with Gasteiger partial charge in [0.1, 0.15) is 5.82 Å². The van der Waals surface area contributed by atoms with Gasteiger partial charge in [-0.3, -0.25) is 0 Å². The summed E-state index contributed by atoms with van der Waals surface area (Å²) in [6.45, 7) is 4.37. The Labute approximate surface area is 139 Å². The molecule has 3 rings (SSSR count). The molecule has 1 saturated heterocycles. The van der Waals surface area contributed by atoms with Crippen molar-refractivity contribution in [3.05, 3.63) is 29.5 Å². The van der Waals surface area contributed by atoms with E-state index in [0.29, 0.717) is 11.9 Å². The number of rotatable bonds is 7. The third-order valence-electron chi connectivity index (χ3n) is 3.84. The van der Waals surface area contributed by atoms with Crippen molar-refractivity contribution in [2.45, 2.75) is 25.0 Å². The van der Waals surface area contributed by atoms with Crippen LogP contribution in [0.15, 0.2) is 12.4 Å². The van der Waals surface area contributed by atoms with E-state index in [-0.39, 0.29) is 0 Å². The summed E-state index contributed by atoms with van der Waals surface area (Å²) < 4.78 is 5.42. The number of aromatic nitrogens is 4. The van der Waals surface area contributed by atoms with Gasteiger partial charge < -0.3 is 20.8 Å². The van der Waals surface area contributed by atoms with Gasteiger partial charge in [-0.25, -0.2) is 9.97 Å². The lowest BCUT2D eigenvalue weighted by Gasteiger charge is -2.11. The van der Waals surface area contributed by atoms with Crippen LogP contribution in [0.1, 0.15) is 29.4 Å². The molecule has 7 nitrogen and oxygen atoms in total. The first kappa shape index (κ1) is 16.1. The standard InChI is InChI=1S/C15H22N6OS/c1-10-13(19-9-18-10)8-23-5-3-17-14-6-12(20-15(16)21-14)11-2-4-22-7-11/h6,9,11H,2-5,7-8H2,1H3,(H,18,19)(H3,16,17,20,21)/t11-/m1/s1. The summed E-state index contributed by atoms with van der Waals surface area (Å²) in [5, 5.41) is 3.32. The molecular weight excluding hydrogens is 312 g/mol. The van der Waals surface area contributed by atoms with Crippen LogP contribution in [0.3, 0.4) is 0 Å². The third-order valence-corrected chi connectivity index (χ3v) is 4.81. The zero-order valence-electron chi connectivity index (χ0n) is 13.2. The quantitative estimate of drug-likeness (QED) is 0.665. The van der Waals surface area contributed by atoms with Gasteiger partial charge in [0.2, 0.25) is 5.95 Å². The molecule has 1 aliphatic rings. The van der Waals surface area contributed by atoms with E-state index in [9.17, 15) is 0 Å². The van der Waals surface area contributed by atoms with Gasteiger partial charge in [-0.2, -0.15) is 16.7 Å². The second-order valence-electron chi connectivity index (χ2n) is 5.55. The molecule has 0 saturated carbocycles. The minimum atomic E-state index is 0.316. The minimum Gasteiger partial charge on any atom is -0.381 e. The molecule has 1 fully saturated rings. The van der Waals surface area contributed by atoms with Crippen LogP contribution in [-0.2, 0) is 10.5 Å². The van der Waals surface area contributed by atoms with Gasteiger partial charge in [-0.15, -0.1) is 0 Å². The van der Waals surface area contributed by atoms with Gasteiger partial charge >= 0.3 is 0 Å². The Bertz CT molecular complexity index is 641. The Hall–Kier alpha value is -1.80. The Morgan fingerprint density at radius 1 is 1.48 bits per heavy atom. The highest BCUT2D eigenvalue weighted by Gasteiger charge is 2.20. The van der Waals surface area contributed by atoms with E-state index in [1.165, 1.54) is 0 Å². The van der Waals surface area contributed by atoms with E-state index < -0.39 is 0 Å². The number of H-pyrrole nitrogens is 1. The number of nitrogens with two attached hydrogens (primary N) is 1. The molecule has 0 aromatic carbocycles. The monoisotopic (exact) mass is 334 g/mol. The van der Waals surface area contributed by atoms with Gasteiger partial charge in [0.05, 0.1) is 24.3 Å². The molecule has 0 bridgehead atoms. The summed E-state index contributed by atoms with van der Waals surface area (Å²) in [5.74, 6) is 3.32. The number of hydrogen-bond acceptors (Lipinski definition) is 7. The minimum absolute atomic E-state index is 0.316. The Balaban J connectivity index is 1.47. The van der Waals surface area contributed by atoms with E-state index in [2.05, 4.69) is 25.3 Å². The highest BCUT2D eigenvalue weighted by molar-refractivity contribution is 7.98. The van der Waals surface area contributed by atoms with Gasteiger partial charge in [0.15, 0.2) is 0 Å². The first-order valence-electron chi connectivity index (χ1n) is 7.75. The number of thioether (sulfide) groups is 1. The molecule has 124 valence electrons. The molecule has 4 N–H and O–H groups in total. The molecule has 1 atom stereocenters. The number of nitrogen functional groups attached to an aromatic ring is 1. The SMILES string of the molecule is Cc1[nH]cnc1CSCCNc1cc([C@@H]2CCOC2)nc(N)n1. The van der Waals surface area contributed by atoms with Crippen molar-refractivity contribution in [3.8, 4) is 0 Å². The van der Waals surface area contributed by atoms with Crippen LogP contribution in [-0.4, -0.2) is 45.4 Å². The Morgan fingerprint density at radius 3 is 3.13 bits per heavy atom. The van der Waals surface area contributed by atoms with Crippen LogP contribution in [0.5, 0.6) is 0 Å². The van der Waals surface area contributed by atoms with Crippen LogP contribution >= 0.6 is 11.8 Å². The van der Waals surface area contributed by atoms with E-state index in [0.717, 1.165) is 60.6 Å². The number of nitrogens with zero attached hydrogens (tertiary/aromatic N) is 3. The first-order chi connectivity index (χ1) is 11.2. The van der Waals surface area contributed by atoms with Crippen LogP contribution in [0.25, 0.3) is 0 Å². The fraction of sp³-hybridized carbons (Fsp3) is 0.533. The second kappa shape index (κ2) is 7.65. The van der Waals surface area contributed by atoms with E-state index in [1.807, 2.05) is 24.8 Å². The van der Waals surface area contributed by atoms with Crippen LogP contribution in [0, 0.1) is 6.92 Å². The number of anilines is 2. The Kier molecular flexibility index (Phi) is 5.35. The summed E-state index contributed by atoms with van der Waals surface area (Å²) in [6.07, 6.45) is 2.73. The smallest absolute Gasteiger partial charge is 0.222 e. The molecule has 0 amide bonds. The number of imidazole rings is 1. The van der Waals surface area contributed by atoms with Crippen LogP contribution in [0.2, 0.25) is 0 Å². The lowest BCUT2D eigenvalue weighted by atomic mass is 10.0. The molecule has 0 unspecified atom stereocenters. The van der Waals surface area contributed by atoms with Gasteiger partial charge in [-0.1, -0.05) is 0 Å². The van der Waals surface area contributed by atoms with Crippen molar-refractivity contribution in [3.63, 3.8) is 0 Å². The number of aryl methyl sites for hydroxylation is 1. The van der Waals surface area contributed by atoms with Gasteiger partial charge in [0, 0.05) is 42.3 Å². The van der Waals surface area contributed by atoms with Crippen LogP contribution in [0.4, 0.5) is 11.8 Å². The van der Waals surface area contributed by atoms with Crippen molar-refractivity contribution >= 4 is 23.5 Å². The van der Waals surface area contributed by atoms with Gasteiger partial charge in [-0.05, 0) is 13.3 Å². The summed E-state index contributed by atoms with van der Waals surface area (Å²) in [5.41, 5.74) is 9.04. The van der Waals surface area contributed by atoms with Crippen molar-refractivity contribution in [1.82, 2.24) is 19.9 Å². The molecule has 23 heavy (non-hydrogen) atoms. The molecule has 0 aliphatic carbocycles. The van der Waals surface area contributed by atoms with E-state index >= 15 is 0 Å². The van der Waals surface area contributed by atoms with Crippen LogP contribution < -0.4 is 11.1 Å². The second-order valence-corrected chi connectivity index (χ2v) is 6.66. The predicted molar refractivity (Wildman–Crippen MR) is 92.6 cm³/mol. The highest BCUT2D eigenvalue weighted by Crippen LogP contribution is 2.25. The summed E-state index contributed by atoms with van der Waals surface area (Å²) >= 11 is 1.84. The summed E-state index contributed by atoms with van der Waals surface area (Å²) in [7, 11) is 0. The zero-order valence-corrected chi connectivity index (χ0v) is 14.0. The van der Waals surface area contributed by atoms with Crippen molar-refractivity contribution in [1.29, 1.82) is 0 Å². The first-order valence-corrected chi connectivity index (χ1v) is 8.90. The Morgan fingerprint density at radius 2 is 2.39 bits per heavy atom. The number of ether oxygens (including phenoxy) is 1. The largest absolute Gasteiger partial charge is 0.381 e. The van der Waals surface area contributed by atoms with Crippen molar-refractivity contribution in [2.24, 2.45) is 0 Å². The molecule has 1 aliphatic heterocycles. The maximum atomic E-state index is 5.82. The van der Waals surface area contributed by atoms with Crippen molar-refractivity contribution < 1.29 is 4.74 Å². The van der Waals surface area contributed by atoms with Gasteiger partial charge in [0.25, 0.3) is 0 Å². The lowest BCUT2D eigenvalue weighted by molar-refractivity contribution is 0.193. The lowest BCUT2D eigenvalue weighted by Crippen LogP contribution is -2.11. The molecule has 8 heteroatoms. The molecule has 3 heterocycles. The maximum Gasteiger partial charge on any atom is 0.222 e. The average Bonchev–Trinajstić information content (AvgIpc) is 3.18. The maximum absolute atomic E-state index is 5.82. The summed E-state index contributed by atoms with van der Waals surface area (Å²) in [4.78, 5) is 16.0. The predicted octanol–water partition coefficient (Wildman–Crippen LogP) is 1.94. The normalized spacial score (nSPS) is 17.5. The molecule has 0 spiro atoms. The number of aromatic amines is 1. The van der Waals surface area contributed by atoms with E-state index in [4.69, 9.17) is 10.5 Å². The van der Waals surface area contributed by atoms with E-state index in [1.54, 1.807) is 6.33 Å². The fourth-order valence-corrected chi connectivity index (χ4v) is 3.38. The molecule has 0 radical (unpaired) electrons. The average molecular weight is 334 g/mol. The highest BCUT2D eigenvalue weighted by atomic mass is 32.2. The zero-order chi connectivity index (χ0) is 16.1. The summed E-state index contributed by atoms with van der Waals surface area (Å²) in [6, 6.07) is 1.98. The molecule has 2 aromatic rings. The topological polar surface area (TPSA) is 102 Å². The number of nitrogens with one attached hydrogen (secondary N) is 2. The molecule has 2 aromatic heterocycles. The van der Waals surface area contributed by atoms with Crippen molar-refractivity contribution in [2.75, 3.05) is 36.6 Å². The third kappa shape index (κ3) is 4.35.